The summed E-state index contributed by atoms with van der Waals surface area (Å²) in [5.74, 6) is 4.80. The van der Waals surface area contributed by atoms with E-state index in [1.165, 1.54) is 0 Å². The highest BCUT2D eigenvalue weighted by Crippen LogP contribution is 1.80. The minimum atomic E-state index is 0.598. The predicted octanol–water partition coefficient (Wildman–Crippen LogP) is 0.390. The van der Waals surface area contributed by atoms with Gasteiger partial charge in [0.1, 0.15) is 0 Å². The molecule has 0 rings (SSSR count). The highest BCUT2D eigenvalue weighted by atomic mass is 16.6. The van der Waals surface area contributed by atoms with Crippen molar-refractivity contribution in [2.45, 2.75) is 13.3 Å². The van der Waals surface area contributed by atoms with Gasteiger partial charge < -0.3 is 10.2 Å². The molecule has 0 fully saturated rings. The molecule has 0 radical (unpaired) electrons. The van der Waals surface area contributed by atoms with Crippen LogP contribution in [0.2, 0.25) is 0 Å². The molecule has 0 aliphatic rings. The van der Waals surface area contributed by atoms with Crippen LogP contribution in [0.25, 0.3) is 0 Å². The summed E-state index contributed by atoms with van der Waals surface area (Å²) in [6, 6.07) is 0. The van der Waals surface area contributed by atoms with E-state index in [-0.39, 0.29) is 0 Å². The molecular formula is C6H14N2O. The van der Waals surface area contributed by atoms with Gasteiger partial charge in [0.15, 0.2) is 0 Å². The smallest absolute Gasteiger partial charge is 0.0696 e. The van der Waals surface area contributed by atoms with Gasteiger partial charge in [-0.3, -0.25) is 0 Å². The van der Waals surface area contributed by atoms with E-state index < -0.39 is 0 Å². The highest BCUT2D eigenvalue weighted by Gasteiger charge is 1.84. The van der Waals surface area contributed by atoms with Crippen molar-refractivity contribution in [3.05, 3.63) is 12.3 Å². The maximum atomic E-state index is 4.80. The SMILES string of the molecule is C=C(C)NCCCON. The lowest BCUT2D eigenvalue weighted by Crippen LogP contribution is -2.14. The molecule has 0 heterocycles. The quantitative estimate of drug-likeness (QED) is 0.418. The second kappa shape index (κ2) is 5.59. The average Bonchev–Trinajstić information content (AvgIpc) is 1.80. The Bertz CT molecular complexity index is 83.1. The maximum Gasteiger partial charge on any atom is 0.0696 e. The van der Waals surface area contributed by atoms with E-state index >= 15 is 0 Å². The first-order valence-corrected chi connectivity index (χ1v) is 2.98. The largest absolute Gasteiger partial charge is 0.389 e. The van der Waals surface area contributed by atoms with E-state index in [1.54, 1.807) is 0 Å². The summed E-state index contributed by atoms with van der Waals surface area (Å²) in [6.07, 6.45) is 0.920. The van der Waals surface area contributed by atoms with Crippen LogP contribution in [0.1, 0.15) is 13.3 Å². The summed E-state index contributed by atoms with van der Waals surface area (Å²) < 4.78 is 0. The Labute approximate surface area is 55.8 Å². The summed E-state index contributed by atoms with van der Waals surface area (Å²) in [7, 11) is 0. The number of nitrogens with one attached hydrogen (secondary N) is 1. The molecule has 3 N–H and O–H groups in total. The van der Waals surface area contributed by atoms with Crippen molar-refractivity contribution < 1.29 is 4.84 Å². The first-order valence-electron chi connectivity index (χ1n) is 2.98. The van der Waals surface area contributed by atoms with Crippen LogP contribution in [0.4, 0.5) is 0 Å². The van der Waals surface area contributed by atoms with Crippen molar-refractivity contribution in [2.75, 3.05) is 13.2 Å². The van der Waals surface area contributed by atoms with Crippen LogP contribution in [0.5, 0.6) is 0 Å². The van der Waals surface area contributed by atoms with Crippen LogP contribution in [-0.2, 0) is 4.84 Å². The lowest BCUT2D eigenvalue weighted by Gasteiger charge is -2.02. The van der Waals surface area contributed by atoms with Crippen LogP contribution in [-0.4, -0.2) is 13.2 Å². The van der Waals surface area contributed by atoms with Gasteiger partial charge in [-0.1, -0.05) is 6.58 Å². The summed E-state index contributed by atoms with van der Waals surface area (Å²) in [6.45, 7) is 7.07. The maximum absolute atomic E-state index is 4.80. The Kier molecular flexibility index (Phi) is 5.26. The van der Waals surface area contributed by atoms with E-state index in [9.17, 15) is 0 Å². The van der Waals surface area contributed by atoms with Gasteiger partial charge in [0, 0.05) is 12.2 Å². The van der Waals surface area contributed by atoms with Crippen molar-refractivity contribution >= 4 is 0 Å². The van der Waals surface area contributed by atoms with Gasteiger partial charge in [-0.15, -0.1) is 0 Å². The number of hydrogen-bond donors (Lipinski definition) is 2. The van der Waals surface area contributed by atoms with Gasteiger partial charge in [0.05, 0.1) is 6.61 Å². The molecule has 0 saturated carbocycles. The second-order valence-corrected chi connectivity index (χ2v) is 1.93. The van der Waals surface area contributed by atoms with Crippen molar-refractivity contribution in [3.8, 4) is 0 Å². The Morgan fingerprint density at radius 3 is 2.89 bits per heavy atom. The third kappa shape index (κ3) is 7.46. The molecule has 0 amide bonds. The zero-order valence-electron chi connectivity index (χ0n) is 5.81. The fourth-order valence-corrected chi connectivity index (χ4v) is 0.457. The molecule has 0 aromatic rings. The molecule has 0 aromatic carbocycles. The second-order valence-electron chi connectivity index (χ2n) is 1.93. The Balaban J connectivity index is 2.83. The van der Waals surface area contributed by atoms with Crippen LogP contribution in [0, 0.1) is 0 Å². The van der Waals surface area contributed by atoms with E-state index in [4.69, 9.17) is 5.90 Å². The van der Waals surface area contributed by atoms with Gasteiger partial charge in [0.25, 0.3) is 0 Å². The van der Waals surface area contributed by atoms with Crippen molar-refractivity contribution in [2.24, 2.45) is 5.90 Å². The minimum absolute atomic E-state index is 0.598. The van der Waals surface area contributed by atoms with Crippen LogP contribution >= 0.6 is 0 Å². The topological polar surface area (TPSA) is 47.3 Å². The van der Waals surface area contributed by atoms with Crippen molar-refractivity contribution in [3.63, 3.8) is 0 Å². The van der Waals surface area contributed by atoms with Crippen molar-refractivity contribution in [1.29, 1.82) is 0 Å². The average molecular weight is 130 g/mol. The number of rotatable bonds is 5. The molecule has 0 bridgehead atoms. The zero-order valence-corrected chi connectivity index (χ0v) is 5.81. The molecule has 0 aromatic heterocycles. The molecule has 0 atom stereocenters. The van der Waals surface area contributed by atoms with E-state index in [2.05, 4.69) is 16.7 Å². The molecular weight excluding hydrogens is 116 g/mol. The number of allylic oxidation sites excluding steroid dienone is 1. The molecule has 0 spiro atoms. The van der Waals surface area contributed by atoms with Crippen molar-refractivity contribution in [1.82, 2.24) is 5.32 Å². The summed E-state index contributed by atoms with van der Waals surface area (Å²) >= 11 is 0. The Hall–Kier alpha value is -0.540. The predicted molar refractivity (Wildman–Crippen MR) is 37.6 cm³/mol. The number of nitrogens with two attached hydrogens (primary N) is 1. The fourth-order valence-electron chi connectivity index (χ4n) is 0.457. The monoisotopic (exact) mass is 130 g/mol. The van der Waals surface area contributed by atoms with E-state index in [0.717, 1.165) is 18.7 Å². The molecule has 54 valence electrons. The highest BCUT2D eigenvalue weighted by molar-refractivity contribution is 4.83. The first kappa shape index (κ1) is 8.46. The lowest BCUT2D eigenvalue weighted by atomic mass is 10.4. The van der Waals surface area contributed by atoms with Gasteiger partial charge in [0.2, 0.25) is 0 Å². The van der Waals surface area contributed by atoms with Crippen LogP contribution in [0.15, 0.2) is 12.3 Å². The molecule has 3 heteroatoms. The molecule has 0 aliphatic heterocycles. The molecule has 3 nitrogen and oxygen atoms in total. The van der Waals surface area contributed by atoms with Gasteiger partial charge >= 0.3 is 0 Å². The standard InChI is InChI=1S/C6H14N2O/c1-6(2)8-4-3-5-9-7/h8H,1,3-5,7H2,2H3. The van der Waals surface area contributed by atoms with Gasteiger partial charge in [-0.25, -0.2) is 5.90 Å². The molecule has 0 aliphatic carbocycles. The minimum Gasteiger partial charge on any atom is -0.389 e. The third-order valence-electron chi connectivity index (χ3n) is 0.866. The molecule has 9 heavy (non-hydrogen) atoms. The summed E-state index contributed by atoms with van der Waals surface area (Å²) in [4.78, 5) is 4.35. The van der Waals surface area contributed by atoms with Gasteiger partial charge in [-0.05, 0) is 13.3 Å². The van der Waals surface area contributed by atoms with Gasteiger partial charge in [-0.2, -0.15) is 0 Å². The molecule has 0 unspecified atom stereocenters. The summed E-state index contributed by atoms with van der Waals surface area (Å²) in [5, 5.41) is 3.05. The number of hydrogen-bond acceptors (Lipinski definition) is 3. The molecule has 0 saturated heterocycles. The van der Waals surface area contributed by atoms with Crippen LogP contribution in [0.3, 0.4) is 0 Å². The third-order valence-corrected chi connectivity index (χ3v) is 0.866. The van der Waals surface area contributed by atoms with E-state index in [0.29, 0.717) is 6.61 Å². The first-order chi connectivity index (χ1) is 4.27. The van der Waals surface area contributed by atoms with Crippen LogP contribution < -0.4 is 11.2 Å². The normalized spacial score (nSPS) is 9.11. The Morgan fingerprint density at radius 1 is 1.78 bits per heavy atom. The Morgan fingerprint density at radius 2 is 2.44 bits per heavy atom. The zero-order chi connectivity index (χ0) is 7.11. The van der Waals surface area contributed by atoms with E-state index in [1.807, 2.05) is 6.92 Å². The lowest BCUT2D eigenvalue weighted by molar-refractivity contribution is 0.136. The summed E-state index contributed by atoms with van der Waals surface area (Å²) in [5.41, 5.74) is 0.979. The fraction of sp³-hybridized carbons (Fsp3) is 0.667.